The molecule has 1 atom stereocenters. The van der Waals surface area contributed by atoms with Gasteiger partial charge in [0, 0.05) is 10.9 Å². The fraction of sp³-hybridized carbons (Fsp3) is 0.233. The van der Waals surface area contributed by atoms with Gasteiger partial charge in [0.2, 0.25) is 0 Å². The first-order chi connectivity index (χ1) is 20.1. The summed E-state index contributed by atoms with van der Waals surface area (Å²) in [6.07, 6.45) is 0. The van der Waals surface area contributed by atoms with E-state index in [1.54, 1.807) is 78.9 Å². The molecule has 0 aromatic heterocycles. The van der Waals surface area contributed by atoms with Gasteiger partial charge in [-0.2, -0.15) is 5.11 Å². The van der Waals surface area contributed by atoms with Gasteiger partial charge in [0.1, 0.15) is 16.6 Å². The predicted octanol–water partition coefficient (Wildman–Crippen LogP) is 9.85. The molecule has 1 unspecified atom stereocenters. The van der Waals surface area contributed by atoms with Crippen LogP contribution in [0.1, 0.15) is 59.3 Å². The number of rotatable bonds is 5. The van der Waals surface area contributed by atoms with Crippen LogP contribution in [0.3, 0.4) is 0 Å². The van der Waals surface area contributed by atoms with Gasteiger partial charge in [0.15, 0.2) is 5.75 Å². The molecule has 238 valence electrons. The Morgan fingerprint density at radius 2 is 1.30 bits per heavy atom. The Morgan fingerprint density at radius 3 is 1.79 bits per heavy atom. The van der Waals surface area contributed by atoms with Crippen LogP contribution in [0.25, 0.3) is 10.8 Å². The third-order valence-corrected chi connectivity index (χ3v) is 5.58. The molecule has 0 saturated heterocycles. The van der Waals surface area contributed by atoms with E-state index in [0.29, 0.717) is 16.6 Å². The Morgan fingerprint density at radius 1 is 0.814 bits per heavy atom. The fourth-order valence-electron chi connectivity index (χ4n) is 3.20. The lowest BCUT2D eigenvalue weighted by Gasteiger charge is -2.22. The van der Waals surface area contributed by atoms with Gasteiger partial charge in [0.05, 0.1) is 27.6 Å². The minimum absolute atomic E-state index is 0. The monoisotopic (exact) mass is 636 g/mol. The van der Waals surface area contributed by atoms with Crippen molar-refractivity contribution in [2.45, 2.75) is 53.9 Å². The summed E-state index contributed by atoms with van der Waals surface area (Å²) >= 11 is -2.86. The van der Waals surface area contributed by atoms with Crippen molar-refractivity contribution in [3.63, 3.8) is 0 Å². The normalized spacial score (nSPS) is 11.0. The number of anilines is 1. The summed E-state index contributed by atoms with van der Waals surface area (Å²) in [6.45, 7) is 12.0. The van der Waals surface area contributed by atoms with Crippen LogP contribution in [0.15, 0.2) is 100 Å². The third-order valence-electron chi connectivity index (χ3n) is 4.68. The average Bonchev–Trinajstić information content (AvgIpc) is 3.00. The number of nitrogens with one attached hydrogen (secondary N) is 1. The van der Waals surface area contributed by atoms with Crippen molar-refractivity contribution in [1.82, 2.24) is 0 Å². The third kappa shape index (κ3) is 13.4. The first-order valence-electron chi connectivity index (χ1n) is 13.0. The van der Waals surface area contributed by atoms with Gasteiger partial charge in [-0.25, -0.2) is 4.21 Å². The Balaban J connectivity index is 0. The number of azo groups is 1. The highest BCUT2D eigenvalue weighted by Crippen LogP contribution is 2.55. The summed E-state index contributed by atoms with van der Waals surface area (Å²) in [5, 5.41) is 22.3. The molecule has 4 aromatic carbocycles. The number of nitrogens with zero attached hydrogens (tertiary/aromatic N) is 2. The SMILES string of the molecule is C.CC.CC.CC.O=C(Nc1cccc2cc(S(O)(O)O)c(N=Nc3ccccc3)c(O)c12)c1ccccc1.O=S([O-])O. The summed E-state index contributed by atoms with van der Waals surface area (Å²) in [4.78, 5) is 12.3. The lowest BCUT2D eigenvalue weighted by Crippen LogP contribution is -2.12. The van der Waals surface area contributed by atoms with Crippen LogP contribution in [-0.2, 0) is 11.4 Å². The molecule has 11 nitrogen and oxygen atoms in total. The van der Waals surface area contributed by atoms with E-state index < -0.39 is 28.0 Å². The van der Waals surface area contributed by atoms with Crippen LogP contribution in [0.5, 0.6) is 5.75 Å². The number of benzene rings is 4. The van der Waals surface area contributed by atoms with Gasteiger partial charge in [-0.15, -0.1) is 5.11 Å². The zero-order chi connectivity index (χ0) is 32.3. The van der Waals surface area contributed by atoms with E-state index in [-0.39, 0.29) is 35.0 Å². The molecule has 43 heavy (non-hydrogen) atoms. The molecule has 4 aromatic rings. The first kappa shape index (κ1) is 41.4. The zero-order valence-electron chi connectivity index (χ0n) is 24.3. The average molecular weight is 637 g/mol. The Labute approximate surface area is 258 Å². The number of phenolic OH excluding ortho intramolecular Hbond substituents is 1. The number of amides is 1. The second-order valence-electron chi connectivity index (χ2n) is 7.07. The molecule has 13 heteroatoms. The van der Waals surface area contributed by atoms with Crippen molar-refractivity contribution in [1.29, 1.82) is 0 Å². The van der Waals surface area contributed by atoms with E-state index in [1.807, 2.05) is 41.5 Å². The van der Waals surface area contributed by atoms with Crippen molar-refractivity contribution >= 4 is 56.0 Å². The topological polar surface area (TPSA) is 195 Å². The minimum atomic E-state index is -4.23. The molecule has 0 bridgehead atoms. The summed E-state index contributed by atoms with van der Waals surface area (Å²) in [6, 6.07) is 23.3. The molecule has 0 radical (unpaired) electrons. The summed E-state index contributed by atoms with van der Waals surface area (Å²) in [5.74, 6) is -0.851. The standard InChI is InChI=1S/C23H19N3O5S.3C2H6.CH4.H2O3S/c27-22-20-16(10-7-13-18(20)24-23(28)15-8-3-1-4-9-15)14-19(32(29,30)31)21(22)26-25-17-11-5-2-6-12-17;3*1-2;;1-4(2)3/h1-14,27,29-31H,(H,24,28);3*1-2H3;1H4;(H2,1,2,3)/p-1. The molecule has 6 N–H and O–H groups in total. The van der Waals surface area contributed by atoms with Crippen LogP contribution in [0.2, 0.25) is 0 Å². The Kier molecular flexibility index (Phi) is 21.1. The first-order valence-corrected chi connectivity index (χ1v) is 15.5. The smallest absolute Gasteiger partial charge is 0.255 e. The van der Waals surface area contributed by atoms with Crippen LogP contribution in [0, 0.1) is 0 Å². The number of fused-ring (bicyclic) bond motifs is 1. The molecular formula is C30H42N3O8S2-. The number of phenols is 1. The summed E-state index contributed by atoms with van der Waals surface area (Å²) in [7, 11) is -4.23. The van der Waals surface area contributed by atoms with Crippen LogP contribution in [0.4, 0.5) is 17.1 Å². The van der Waals surface area contributed by atoms with Crippen LogP contribution < -0.4 is 5.32 Å². The second kappa shape index (κ2) is 21.9. The van der Waals surface area contributed by atoms with Crippen molar-refractivity contribution in [3.8, 4) is 5.75 Å². The molecular weight excluding hydrogens is 594 g/mol. The van der Waals surface area contributed by atoms with Crippen molar-refractivity contribution in [3.05, 3.63) is 90.5 Å². The van der Waals surface area contributed by atoms with Crippen molar-refractivity contribution in [2.24, 2.45) is 10.2 Å². The van der Waals surface area contributed by atoms with E-state index in [9.17, 15) is 23.6 Å². The van der Waals surface area contributed by atoms with Gasteiger partial charge in [-0.3, -0.25) is 4.79 Å². The number of hydrogen-bond donors (Lipinski definition) is 6. The highest BCUT2D eigenvalue weighted by Gasteiger charge is 2.26. The lowest BCUT2D eigenvalue weighted by atomic mass is 10.1. The van der Waals surface area contributed by atoms with Gasteiger partial charge < -0.3 is 33.2 Å². The number of aromatic hydroxyl groups is 1. The zero-order valence-corrected chi connectivity index (χ0v) is 25.9. The molecule has 0 heterocycles. The van der Waals surface area contributed by atoms with E-state index in [1.165, 1.54) is 6.07 Å². The van der Waals surface area contributed by atoms with Crippen molar-refractivity contribution < 1.29 is 36.9 Å². The summed E-state index contributed by atoms with van der Waals surface area (Å²) in [5.41, 5.74) is 0.850. The minimum Gasteiger partial charge on any atom is -0.750 e. The second-order valence-corrected chi connectivity index (χ2v) is 8.98. The Bertz CT molecular complexity index is 1410. The van der Waals surface area contributed by atoms with E-state index in [2.05, 4.69) is 15.5 Å². The van der Waals surface area contributed by atoms with E-state index in [4.69, 9.17) is 13.3 Å². The van der Waals surface area contributed by atoms with E-state index >= 15 is 0 Å². The predicted molar refractivity (Wildman–Crippen MR) is 177 cm³/mol. The lowest BCUT2D eigenvalue weighted by molar-refractivity contribution is 0.102. The number of carbonyl (C=O) groups is 1. The van der Waals surface area contributed by atoms with Crippen molar-refractivity contribution in [2.75, 3.05) is 5.32 Å². The Hall–Kier alpha value is -3.69. The largest absolute Gasteiger partial charge is 0.750 e. The van der Waals surface area contributed by atoms with E-state index in [0.717, 1.165) is 0 Å². The quantitative estimate of drug-likeness (QED) is 0.0919. The molecule has 0 aliphatic carbocycles. The van der Waals surface area contributed by atoms with Gasteiger partial charge >= 0.3 is 0 Å². The maximum absolute atomic E-state index is 12.6. The highest BCUT2D eigenvalue weighted by atomic mass is 32.3. The molecule has 1 amide bonds. The molecule has 0 spiro atoms. The molecule has 0 fully saturated rings. The van der Waals surface area contributed by atoms with Gasteiger partial charge in [-0.05, 0) is 41.8 Å². The number of hydrogen-bond acceptors (Lipinski definition) is 9. The van der Waals surface area contributed by atoms with Crippen LogP contribution >= 0.6 is 10.9 Å². The summed E-state index contributed by atoms with van der Waals surface area (Å²) < 4.78 is 53.9. The molecule has 4 rings (SSSR count). The van der Waals surface area contributed by atoms with Gasteiger partial charge in [-0.1, -0.05) is 97.5 Å². The maximum Gasteiger partial charge on any atom is 0.255 e. The molecule has 0 aliphatic heterocycles. The highest BCUT2D eigenvalue weighted by molar-refractivity contribution is 8.19. The molecule has 0 saturated carbocycles. The fourth-order valence-corrected chi connectivity index (χ4v) is 3.88. The molecule has 0 aliphatic rings. The van der Waals surface area contributed by atoms with Crippen LogP contribution in [-0.4, -0.2) is 38.0 Å². The number of carbonyl (C=O) groups excluding carboxylic acids is 1. The van der Waals surface area contributed by atoms with Gasteiger partial charge in [0.25, 0.3) is 5.91 Å². The maximum atomic E-state index is 12.6.